The summed E-state index contributed by atoms with van der Waals surface area (Å²) in [6.45, 7) is 21.9. The molecule has 2 heterocycles. The van der Waals surface area contributed by atoms with Crippen molar-refractivity contribution in [1.29, 1.82) is 0 Å². The van der Waals surface area contributed by atoms with Crippen LogP contribution in [0.5, 0.6) is 0 Å². The molecule has 52 heavy (non-hydrogen) atoms. The van der Waals surface area contributed by atoms with Gasteiger partial charge in [-0.15, -0.1) is 0 Å². The van der Waals surface area contributed by atoms with Gasteiger partial charge in [0.15, 0.2) is 0 Å². The molecule has 0 unspecified atom stereocenters. The van der Waals surface area contributed by atoms with E-state index in [1.165, 1.54) is 100 Å². The van der Waals surface area contributed by atoms with E-state index in [2.05, 4.69) is 150 Å². The molecule has 0 aromatic heterocycles. The standard InChI is InChI=1S/C22H30N2.C22H29NO.2C2H6/c1-2-24-17-14-19(15-18-24)13-16-23-22(20-9-5-3-6-10-20)21-11-7-4-8-12-21;1-2-23-16-13-19(14-17-23)15-18-24-22(20-9-5-3-6-10-20)21-11-7-4-8-12-21;2*1-2/h3-12,19,22-23H,2,13-18H2,1H3;3-12,19,22H,2,13-18H2,1H3;2*1-2H3. The topological polar surface area (TPSA) is 27.7 Å². The molecule has 0 radical (unpaired) electrons. The maximum Gasteiger partial charge on any atom is 0.108 e. The first kappa shape index (κ1) is 43.1. The summed E-state index contributed by atoms with van der Waals surface area (Å²) in [6.07, 6.45) is 7.86. The van der Waals surface area contributed by atoms with Crippen LogP contribution in [0.2, 0.25) is 0 Å². The molecular weight excluding hydrogens is 635 g/mol. The van der Waals surface area contributed by atoms with E-state index in [4.69, 9.17) is 4.74 Å². The molecule has 284 valence electrons. The van der Waals surface area contributed by atoms with Gasteiger partial charge in [-0.3, -0.25) is 0 Å². The van der Waals surface area contributed by atoms with Crippen LogP contribution in [0.3, 0.4) is 0 Å². The van der Waals surface area contributed by atoms with Crippen LogP contribution < -0.4 is 5.32 Å². The zero-order valence-corrected chi connectivity index (χ0v) is 33.6. The van der Waals surface area contributed by atoms with Crippen molar-refractivity contribution in [3.63, 3.8) is 0 Å². The highest BCUT2D eigenvalue weighted by Crippen LogP contribution is 2.28. The van der Waals surface area contributed by atoms with Gasteiger partial charge in [0.2, 0.25) is 0 Å². The molecule has 4 nitrogen and oxygen atoms in total. The van der Waals surface area contributed by atoms with Crippen molar-refractivity contribution in [3.8, 4) is 0 Å². The molecule has 4 heteroatoms. The van der Waals surface area contributed by atoms with E-state index in [-0.39, 0.29) is 6.10 Å². The van der Waals surface area contributed by atoms with Crippen molar-refractivity contribution in [2.75, 3.05) is 52.4 Å². The van der Waals surface area contributed by atoms with Gasteiger partial charge in [-0.2, -0.15) is 0 Å². The predicted molar refractivity (Wildman–Crippen MR) is 225 cm³/mol. The predicted octanol–water partition coefficient (Wildman–Crippen LogP) is 11.5. The summed E-state index contributed by atoms with van der Waals surface area (Å²) in [5.41, 5.74) is 5.18. The Balaban J connectivity index is 0.000000256. The zero-order chi connectivity index (χ0) is 37.2. The number of rotatable bonds is 14. The monoisotopic (exact) mass is 706 g/mol. The fraction of sp³-hybridized carbons (Fsp3) is 0.500. The van der Waals surface area contributed by atoms with Crippen LogP contribution in [0.1, 0.15) is 114 Å². The van der Waals surface area contributed by atoms with E-state index >= 15 is 0 Å². The number of ether oxygens (including phenoxy) is 1. The molecule has 4 aromatic rings. The minimum Gasteiger partial charge on any atom is -0.369 e. The summed E-state index contributed by atoms with van der Waals surface area (Å²) in [6, 6.07) is 43.1. The minimum atomic E-state index is 0.0446. The Morgan fingerprint density at radius 2 is 0.865 bits per heavy atom. The SMILES string of the molecule is CC.CC.CCN1CCC(CCNC(c2ccccc2)c2ccccc2)CC1.CCN1CCC(CCOC(c2ccccc2)c2ccccc2)CC1. The maximum absolute atomic E-state index is 6.36. The largest absolute Gasteiger partial charge is 0.369 e. The second-order valence-corrected chi connectivity index (χ2v) is 13.6. The van der Waals surface area contributed by atoms with E-state index in [9.17, 15) is 0 Å². The number of likely N-dealkylation sites (tertiary alicyclic amines) is 2. The third kappa shape index (κ3) is 15.0. The van der Waals surface area contributed by atoms with Gasteiger partial charge in [0, 0.05) is 6.61 Å². The van der Waals surface area contributed by atoms with Crippen molar-refractivity contribution in [1.82, 2.24) is 15.1 Å². The van der Waals surface area contributed by atoms with E-state index in [1.54, 1.807) is 0 Å². The summed E-state index contributed by atoms with van der Waals surface area (Å²) in [5, 5.41) is 3.81. The normalized spacial score (nSPS) is 15.5. The Morgan fingerprint density at radius 3 is 1.23 bits per heavy atom. The quantitative estimate of drug-likeness (QED) is 0.141. The van der Waals surface area contributed by atoms with Crippen molar-refractivity contribution < 1.29 is 4.74 Å². The van der Waals surface area contributed by atoms with Crippen LogP contribution >= 0.6 is 0 Å². The lowest BCUT2D eigenvalue weighted by atomic mass is 9.93. The van der Waals surface area contributed by atoms with Crippen molar-refractivity contribution in [3.05, 3.63) is 144 Å². The molecule has 2 fully saturated rings. The Bertz CT molecular complexity index is 1180. The fourth-order valence-electron chi connectivity index (χ4n) is 7.33. The molecule has 0 amide bonds. The highest BCUT2D eigenvalue weighted by atomic mass is 16.5. The first-order valence-electron chi connectivity index (χ1n) is 20.7. The molecule has 0 bridgehead atoms. The smallest absolute Gasteiger partial charge is 0.108 e. The molecule has 0 aliphatic carbocycles. The van der Waals surface area contributed by atoms with E-state index in [0.29, 0.717) is 6.04 Å². The van der Waals surface area contributed by atoms with E-state index in [1.807, 2.05) is 27.7 Å². The summed E-state index contributed by atoms with van der Waals surface area (Å²) < 4.78 is 6.36. The number of nitrogens with zero attached hydrogens (tertiary/aromatic N) is 2. The lowest BCUT2D eigenvalue weighted by Gasteiger charge is -2.31. The average Bonchev–Trinajstić information content (AvgIpc) is 3.24. The maximum atomic E-state index is 6.36. The number of nitrogens with one attached hydrogen (secondary N) is 1. The number of hydrogen-bond donors (Lipinski definition) is 1. The van der Waals surface area contributed by atoms with Crippen LogP contribution in [0.4, 0.5) is 0 Å². The second-order valence-electron chi connectivity index (χ2n) is 13.6. The van der Waals surface area contributed by atoms with Crippen LogP contribution in [0, 0.1) is 11.8 Å². The number of benzene rings is 4. The first-order chi connectivity index (χ1) is 25.7. The van der Waals surface area contributed by atoms with Gasteiger partial charge in [0.25, 0.3) is 0 Å². The third-order valence-electron chi connectivity index (χ3n) is 10.5. The highest BCUT2D eigenvalue weighted by Gasteiger charge is 2.21. The summed E-state index contributed by atoms with van der Waals surface area (Å²) in [5.74, 6) is 1.70. The summed E-state index contributed by atoms with van der Waals surface area (Å²) in [7, 11) is 0. The number of piperidine rings is 2. The lowest BCUT2D eigenvalue weighted by molar-refractivity contribution is 0.0606. The third-order valence-corrected chi connectivity index (χ3v) is 10.5. The molecule has 2 aliphatic rings. The van der Waals surface area contributed by atoms with Crippen molar-refractivity contribution in [2.45, 2.75) is 92.2 Å². The van der Waals surface area contributed by atoms with Crippen molar-refractivity contribution >= 4 is 0 Å². The molecular formula is C48H71N3O. The van der Waals surface area contributed by atoms with E-state index < -0.39 is 0 Å². The fourth-order valence-corrected chi connectivity index (χ4v) is 7.33. The molecule has 6 rings (SSSR count). The summed E-state index contributed by atoms with van der Waals surface area (Å²) in [4.78, 5) is 5.12. The lowest BCUT2D eigenvalue weighted by Crippen LogP contribution is -2.34. The first-order valence-corrected chi connectivity index (χ1v) is 20.7. The van der Waals surface area contributed by atoms with Crippen LogP contribution in [-0.2, 0) is 4.74 Å². The van der Waals surface area contributed by atoms with Crippen molar-refractivity contribution in [2.24, 2.45) is 11.8 Å². The van der Waals surface area contributed by atoms with Gasteiger partial charge in [-0.25, -0.2) is 0 Å². The second kappa shape index (κ2) is 26.5. The molecule has 0 atom stereocenters. The molecule has 0 spiro atoms. The molecule has 2 aliphatic heterocycles. The van der Waals surface area contributed by atoms with Gasteiger partial charge in [0.05, 0.1) is 6.04 Å². The highest BCUT2D eigenvalue weighted by molar-refractivity contribution is 5.32. The van der Waals surface area contributed by atoms with Crippen LogP contribution in [-0.4, -0.2) is 62.2 Å². The van der Waals surface area contributed by atoms with Crippen LogP contribution in [0.25, 0.3) is 0 Å². The van der Waals surface area contributed by atoms with Gasteiger partial charge in [-0.1, -0.05) is 163 Å². The Hall–Kier alpha value is -3.28. The molecule has 2 saturated heterocycles. The van der Waals surface area contributed by atoms with Gasteiger partial charge in [-0.05, 0) is 118 Å². The Kier molecular flexibility index (Phi) is 22.0. The Morgan fingerprint density at radius 1 is 0.519 bits per heavy atom. The van der Waals surface area contributed by atoms with Gasteiger partial charge >= 0.3 is 0 Å². The number of hydrogen-bond acceptors (Lipinski definition) is 4. The van der Waals surface area contributed by atoms with Crippen LogP contribution in [0.15, 0.2) is 121 Å². The zero-order valence-electron chi connectivity index (χ0n) is 33.6. The summed E-state index contributed by atoms with van der Waals surface area (Å²) >= 11 is 0. The molecule has 1 N–H and O–H groups in total. The average molecular weight is 706 g/mol. The van der Waals surface area contributed by atoms with E-state index in [0.717, 1.165) is 25.0 Å². The molecule has 0 saturated carbocycles. The Labute approximate surface area is 319 Å². The van der Waals surface area contributed by atoms with Gasteiger partial charge < -0.3 is 19.9 Å². The van der Waals surface area contributed by atoms with Gasteiger partial charge in [0.1, 0.15) is 6.10 Å². The molecule has 4 aromatic carbocycles. The minimum absolute atomic E-state index is 0.0446.